The third-order valence-electron chi connectivity index (χ3n) is 1.16. The minimum Gasteiger partial charge on any atom is -0.285 e. The van der Waals surface area contributed by atoms with E-state index in [-0.39, 0.29) is 11.8 Å². The number of hydrogen-bond donors (Lipinski definition) is 0. The molecule has 0 aromatic heterocycles. The minimum absolute atomic E-state index is 0.123. The van der Waals surface area contributed by atoms with Gasteiger partial charge in [0.1, 0.15) is 0 Å². The van der Waals surface area contributed by atoms with E-state index in [0.717, 1.165) is 4.90 Å². The maximum Gasteiger partial charge on any atom is 0.238 e. The normalized spacial score (nSPS) is 9.10. The summed E-state index contributed by atoms with van der Waals surface area (Å²) in [7, 11) is 1.51. The van der Waals surface area contributed by atoms with Crippen LogP contribution in [0.2, 0.25) is 0 Å². The van der Waals surface area contributed by atoms with Crippen LogP contribution in [0, 0.1) is 0 Å². The zero-order chi connectivity index (χ0) is 8.15. The summed E-state index contributed by atoms with van der Waals surface area (Å²) in [6, 6.07) is 0. The van der Waals surface area contributed by atoms with Crippen molar-refractivity contribution in [1.82, 2.24) is 4.90 Å². The van der Waals surface area contributed by atoms with Gasteiger partial charge in [-0.15, -0.1) is 0 Å². The monoisotopic (exact) mass is 255 g/mol. The van der Waals surface area contributed by atoms with Crippen molar-refractivity contribution >= 4 is 34.4 Å². The van der Waals surface area contributed by atoms with Crippen molar-refractivity contribution in [3.63, 3.8) is 0 Å². The molecule has 0 N–H and O–H groups in total. The maximum absolute atomic E-state index is 10.8. The van der Waals surface area contributed by atoms with Gasteiger partial charge in [0.25, 0.3) is 0 Å². The van der Waals surface area contributed by atoms with E-state index in [9.17, 15) is 9.59 Å². The molecule has 58 valence electrons. The van der Waals surface area contributed by atoms with Crippen LogP contribution in [0.15, 0.2) is 0 Å². The molecule has 0 unspecified atom stereocenters. The molecule has 0 spiro atoms. The van der Waals surface area contributed by atoms with Gasteiger partial charge in [0.2, 0.25) is 11.8 Å². The highest BCUT2D eigenvalue weighted by atomic mass is 127. The number of nitrogens with zero attached hydrogens (tertiary/aromatic N) is 1. The third-order valence-corrected chi connectivity index (χ3v) is 1.82. The first kappa shape index (κ1) is 9.87. The van der Waals surface area contributed by atoms with Crippen LogP contribution in [0.4, 0.5) is 0 Å². The van der Waals surface area contributed by atoms with Crippen molar-refractivity contribution < 1.29 is 9.59 Å². The third kappa shape index (κ3) is 2.64. The van der Waals surface area contributed by atoms with E-state index in [1.54, 1.807) is 6.92 Å². The molecule has 0 bridgehead atoms. The average molecular weight is 255 g/mol. The smallest absolute Gasteiger partial charge is 0.238 e. The molecule has 3 nitrogen and oxygen atoms in total. The van der Waals surface area contributed by atoms with Gasteiger partial charge in [-0.25, -0.2) is 0 Å². The molecule has 0 heterocycles. The summed E-state index contributed by atoms with van der Waals surface area (Å²) < 4.78 is 0.361. The number of carbonyl (C=O) groups is 2. The Bertz CT molecular complexity index is 131. The quantitative estimate of drug-likeness (QED) is 0.541. The molecule has 0 aromatic carbocycles. The van der Waals surface area contributed by atoms with Gasteiger partial charge in [-0.2, -0.15) is 0 Å². The van der Waals surface area contributed by atoms with Crippen molar-refractivity contribution in [2.75, 3.05) is 11.5 Å². The Morgan fingerprint density at radius 1 is 1.40 bits per heavy atom. The van der Waals surface area contributed by atoms with Gasteiger partial charge >= 0.3 is 0 Å². The Labute approximate surface area is 73.9 Å². The molecule has 0 fully saturated rings. The molecule has 0 aliphatic carbocycles. The van der Waals surface area contributed by atoms with Gasteiger partial charge in [-0.05, 0) is 0 Å². The first-order valence-electron chi connectivity index (χ1n) is 2.98. The zero-order valence-corrected chi connectivity index (χ0v) is 8.21. The zero-order valence-electron chi connectivity index (χ0n) is 6.06. The Hall–Kier alpha value is -0.130. The fraction of sp³-hybridized carbons (Fsp3) is 0.667. The van der Waals surface area contributed by atoms with Gasteiger partial charge in [0, 0.05) is 13.5 Å². The molecular weight excluding hydrogens is 245 g/mol. The van der Waals surface area contributed by atoms with E-state index in [2.05, 4.69) is 0 Å². The SMILES string of the molecule is CCC(=O)N(C)C(=O)CI. The van der Waals surface area contributed by atoms with Crippen LogP contribution in [0.1, 0.15) is 13.3 Å². The van der Waals surface area contributed by atoms with Crippen molar-refractivity contribution in [2.45, 2.75) is 13.3 Å². The van der Waals surface area contributed by atoms with E-state index < -0.39 is 0 Å². The highest BCUT2D eigenvalue weighted by molar-refractivity contribution is 14.1. The predicted molar refractivity (Wildman–Crippen MR) is 47.0 cm³/mol. The largest absolute Gasteiger partial charge is 0.285 e. The lowest BCUT2D eigenvalue weighted by molar-refractivity contribution is -0.141. The highest BCUT2D eigenvalue weighted by Gasteiger charge is 2.12. The Morgan fingerprint density at radius 2 is 1.90 bits per heavy atom. The standard InChI is InChI=1S/C6H10INO2/c1-3-5(9)8(2)6(10)4-7/h3-4H2,1-2H3. The van der Waals surface area contributed by atoms with Crippen molar-refractivity contribution in [2.24, 2.45) is 0 Å². The molecule has 0 atom stereocenters. The number of amides is 2. The maximum atomic E-state index is 10.8. The summed E-state index contributed by atoms with van der Waals surface area (Å²) in [5, 5.41) is 0. The lowest BCUT2D eigenvalue weighted by Crippen LogP contribution is -2.33. The van der Waals surface area contributed by atoms with Crippen LogP contribution >= 0.6 is 22.6 Å². The summed E-state index contributed by atoms with van der Waals surface area (Å²) >= 11 is 1.93. The van der Waals surface area contributed by atoms with Crippen LogP contribution in [-0.4, -0.2) is 28.2 Å². The Kier molecular flexibility index (Phi) is 4.59. The van der Waals surface area contributed by atoms with Crippen LogP contribution in [0.25, 0.3) is 0 Å². The van der Waals surface area contributed by atoms with E-state index in [1.807, 2.05) is 22.6 Å². The highest BCUT2D eigenvalue weighted by Crippen LogP contribution is 1.93. The van der Waals surface area contributed by atoms with Crippen LogP contribution in [0.3, 0.4) is 0 Å². The average Bonchev–Trinajstić information content (AvgIpc) is 2.00. The summed E-state index contributed by atoms with van der Waals surface area (Å²) in [6.45, 7) is 1.74. The summed E-state index contributed by atoms with van der Waals surface area (Å²) in [6.07, 6.45) is 0.388. The lowest BCUT2D eigenvalue weighted by atomic mass is 10.4. The second-order valence-corrected chi connectivity index (χ2v) is 2.60. The molecule has 0 aliphatic rings. The van der Waals surface area contributed by atoms with Gasteiger partial charge in [-0.1, -0.05) is 29.5 Å². The minimum atomic E-state index is -0.132. The molecule has 2 amide bonds. The van der Waals surface area contributed by atoms with E-state index in [1.165, 1.54) is 7.05 Å². The first-order valence-corrected chi connectivity index (χ1v) is 4.51. The van der Waals surface area contributed by atoms with Crippen LogP contribution in [0.5, 0.6) is 0 Å². The molecule has 0 saturated heterocycles. The lowest BCUT2D eigenvalue weighted by Gasteiger charge is -2.11. The summed E-state index contributed by atoms with van der Waals surface area (Å²) in [4.78, 5) is 22.8. The molecule has 4 heteroatoms. The van der Waals surface area contributed by atoms with E-state index in [0.29, 0.717) is 10.8 Å². The number of carbonyl (C=O) groups excluding carboxylic acids is 2. The molecule has 0 saturated carbocycles. The summed E-state index contributed by atoms with van der Waals surface area (Å²) in [5.41, 5.74) is 0. The molecular formula is C6H10INO2. The van der Waals surface area contributed by atoms with Gasteiger partial charge in [-0.3, -0.25) is 14.5 Å². The van der Waals surface area contributed by atoms with Gasteiger partial charge in [0.05, 0.1) is 4.43 Å². The topological polar surface area (TPSA) is 37.4 Å². The number of rotatable bonds is 2. The molecule has 0 aliphatic heterocycles. The first-order chi connectivity index (χ1) is 4.63. The summed E-state index contributed by atoms with van der Waals surface area (Å²) in [5.74, 6) is -0.255. The second kappa shape index (κ2) is 4.65. The van der Waals surface area contributed by atoms with Crippen molar-refractivity contribution in [3.05, 3.63) is 0 Å². The molecule has 0 rings (SSSR count). The van der Waals surface area contributed by atoms with Crippen molar-refractivity contribution in [1.29, 1.82) is 0 Å². The van der Waals surface area contributed by atoms with Crippen molar-refractivity contribution in [3.8, 4) is 0 Å². The number of hydrogen-bond acceptors (Lipinski definition) is 2. The van der Waals surface area contributed by atoms with E-state index in [4.69, 9.17) is 0 Å². The van der Waals surface area contributed by atoms with Gasteiger partial charge in [0.15, 0.2) is 0 Å². The molecule has 0 radical (unpaired) electrons. The predicted octanol–water partition coefficient (Wildman–Crippen LogP) is 0.816. The van der Waals surface area contributed by atoms with Crippen LogP contribution < -0.4 is 0 Å². The number of alkyl halides is 1. The fourth-order valence-corrected chi connectivity index (χ4v) is 0.978. The van der Waals surface area contributed by atoms with Crippen LogP contribution in [-0.2, 0) is 9.59 Å². The van der Waals surface area contributed by atoms with E-state index >= 15 is 0 Å². The molecule has 10 heavy (non-hydrogen) atoms. The fourth-order valence-electron chi connectivity index (χ4n) is 0.466. The number of imide groups is 1. The number of halogens is 1. The Morgan fingerprint density at radius 3 is 2.20 bits per heavy atom. The van der Waals surface area contributed by atoms with Gasteiger partial charge < -0.3 is 0 Å². The molecule has 0 aromatic rings. The Balaban J connectivity index is 3.94. The second-order valence-electron chi connectivity index (χ2n) is 1.83.